The van der Waals surface area contributed by atoms with E-state index in [-0.39, 0.29) is 6.67 Å². The van der Waals surface area contributed by atoms with Gasteiger partial charge in [-0.1, -0.05) is 22.5 Å². The number of nitrogens with one attached hydrogen (secondary N) is 1. The molecule has 0 amide bonds. The molecular formula is C5H9BrFN. The standard InChI is InChI=1S/C5H9BrFN/c1-5(6)4-8-3-2-7/h8H,1-4H2. The van der Waals surface area contributed by atoms with Gasteiger partial charge in [-0.2, -0.15) is 0 Å². The van der Waals surface area contributed by atoms with Crippen molar-refractivity contribution in [3.8, 4) is 0 Å². The van der Waals surface area contributed by atoms with Gasteiger partial charge in [0, 0.05) is 17.6 Å². The van der Waals surface area contributed by atoms with Gasteiger partial charge in [0.25, 0.3) is 0 Å². The highest BCUT2D eigenvalue weighted by Gasteiger charge is 1.84. The van der Waals surface area contributed by atoms with Gasteiger partial charge < -0.3 is 5.32 Å². The van der Waals surface area contributed by atoms with Crippen molar-refractivity contribution in [2.75, 3.05) is 19.8 Å². The first kappa shape index (κ1) is 8.11. The normalized spacial score (nSPS) is 9.25. The molecule has 0 fully saturated rings. The Kier molecular flexibility index (Phi) is 5.32. The Hall–Kier alpha value is 0.110. The Morgan fingerprint density at radius 1 is 1.75 bits per heavy atom. The summed E-state index contributed by atoms with van der Waals surface area (Å²) in [5.41, 5.74) is 0. The minimum atomic E-state index is -0.319. The fourth-order valence-corrected chi connectivity index (χ4v) is 0.489. The largest absolute Gasteiger partial charge is 0.310 e. The minimum Gasteiger partial charge on any atom is -0.310 e. The maximum absolute atomic E-state index is 11.3. The van der Waals surface area contributed by atoms with Gasteiger partial charge in [-0.05, 0) is 0 Å². The second kappa shape index (κ2) is 5.25. The Balaban J connectivity index is 2.82. The summed E-state index contributed by atoms with van der Waals surface area (Å²) >= 11 is 3.13. The van der Waals surface area contributed by atoms with Crippen molar-refractivity contribution >= 4 is 15.9 Å². The second-order valence-electron chi connectivity index (χ2n) is 1.38. The van der Waals surface area contributed by atoms with Gasteiger partial charge in [0.15, 0.2) is 0 Å². The topological polar surface area (TPSA) is 12.0 Å². The predicted molar refractivity (Wildman–Crippen MR) is 36.9 cm³/mol. The molecule has 1 N–H and O–H groups in total. The molecule has 0 aliphatic carbocycles. The summed E-state index contributed by atoms with van der Waals surface area (Å²) in [6, 6.07) is 0. The molecule has 0 radical (unpaired) electrons. The zero-order chi connectivity index (χ0) is 6.41. The van der Waals surface area contributed by atoms with E-state index in [1.807, 2.05) is 0 Å². The predicted octanol–water partition coefficient (Wildman–Crippen LogP) is 1.45. The van der Waals surface area contributed by atoms with Crippen molar-refractivity contribution in [2.45, 2.75) is 0 Å². The van der Waals surface area contributed by atoms with Gasteiger partial charge in [0.2, 0.25) is 0 Å². The van der Waals surface area contributed by atoms with E-state index in [4.69, 9.17) is 0 Å². The average molecular weight is 182 g/mol. The van der Waals surface area contributed by atoms with Crippen molar-refractivity contribution in [2.24, 2.45) is 0 Å². The van der Waals surface area contributed by atoms with E-state index >= 15 is 0 Å². The molecule has 8 heavy (non-hydrogen) atoms. The summed E-state index contributed by atoms with van der Waals surface area (Å²) in [7, 11) is 0. The fourth-order valence-electron chi connectivity index (χ4n) is 0.291. The SMILES string of the molecule is C=C(Br)CNCCF. The summed E-state index contributed by atoms with van der Waals surface area (Å²) < 4.78 is 12.2. The average Bonchev–Trinajstić information content (AvgIpc) is 1.66. The molecule has 48 valence electrons. The van der Waals surface area contributed by atoms with Crippen LogP contribution in [0.4, 0.5) is 4.39 Å². The zero-order valence-corrected chi connectivity index (χ0v) is 6.17. The number of rotatable bonds is 4. The molecule has 0 bridgehead atoms. The number of hydrogen-bond donors (Lipinski definition) is 1. The molecule has 0 saturated carbocycles. The fraction of sp³-hybridized carbons (Fsp3) is 0.600. The summed E-state index contributed by atoms with van der Waals surface area (Å²) in [6.45, 7) is 4.29. The molecule has 0 heterocycles. The molecule has 0 unspecified atom stereocenters. The third-order valence-corrected chi connectivity index (χ3v) is 0.868. The molecule has 0 spiro atoms. The first-order valence-electron chi connectivity index (χ1n) is 2.37. The quantitative estimate of drug-likeness (QED) is 0.649. The van der Waals surface area contributed by atoms with Crippen LogP contribution in [0.15, 0.2) is 11.1 Å². The molecule has 0 aromatic carbocycles. The second-order valence-corrected chi connectivity index (χ2v) is 2.50. The molecule has 0 atom stereocenters. The van der Waals surface area contributed by atoms with E-state index in [0.717, 1.165) is 4.48 Å². The van der Waals surface area contributed by atoms with Gasteiger partial charge in [-0.3, -0.25) is 0 Å². The lowest BCUT2D eigenvalue weighted by Gasteiger charge is -1.96. The van der Waals surface area contributed by atoms with Crippen LogP contribution in [0.2, 0.25) is 0 Å². The van der Waals surface area contributed by atoms with Crippen molar-refractivity contribution in [3.63, 3.8) is 0 Å². The smallest absolute Gasteiger partial charge is 0.102 e. The summed E-state index contributed by atoms with van der Waals surface area (Å²) in [6.07, 6.45) is 0. The molecule has 0 rings (SSSR count). The highest BCUT2D eigenvalue weighted by molar-refractivity contribution is 9.11. The van der Waals surface area contributed by atoms with Crippen LogP contribution in [-0.2, 0) is 0 Å². The van der Waals surface area contributed by atoms with Crippen molar-refractivity contribution in [1.82, 2.24) is 5.32 Å². The Morgan fingerprint density at radius 2 is 2.38 bits per heavy atom. The monoisotopic (exact) mass is 181 g/mol. The third-order valence-electron chi connectivity index (χ3n) is 0.588. The van der Waals surface area contributed by atoms with Crippen LogP contribution >= 0.6 is 15.9 Å². The number of halogens is 2. The zero-order valence-electron chi connectivity index (χ0n) is 4.58. The molecule has 0 aromatic rings. The van der Waals surface area contributed by atoms with Crippen LogP contribution in [0.1, 0.15) is 0 Å². The Labute approximate surface area is 57.1 Å². The van der Waals surface area contributed by atoms with Gasteiger partial charge in [0.1, 0.15) is 6.67 Å². The number of hydrogen-bond acceptors (Lipinski definition) is 1. The van der Waals surface area contributed by atoms with E-state index in [1.165, 1.54) is 0 Å². The molecule has 3 heteroatoms. The molecular weight excluding hydrogens is 173 g/mol. The van der Waals surface area contributed by atoms with Crippen LogP contribution in [0.25, 0.3) is 0 Å². The van der Waals surface area contributed by atoms with Crippen molar-refractivity contribution in [1.29, 1.82) is 0 Å². The van der Waals surface area contributed by atoms with E-state index < -0.39 is 0 Å². The first-order chi connectivity index (χ1) is 3.77. The van der Waals surface area contributed by atoms with Crippen LogP contribution < -0.4 is 5.32 Å². The molecule has 0 aromatic heterocycles. The summed E-state index contributed by atoms with van der Waals surface area (Å²) in [5.74, 6) is 0. The van der Waals surface area contributed by atoms with Gasteiger partial charge >= 0.3 is 0 Å². The maximum atomic E-state index is 11.3. The lowest BCUT2D eigenvalue weighted by Crippen LogP contribution is -2.17. The third kappa shape index (κ3) is 6.11. The Bertz CT molecular complexity index is 74.8. The molecule has 0 aliphatic heterocycles. The highest BCUT2D eigenvalue weighted by Crippen LogP contribution is 1.95. The highest BCUT2D eigenvalue weighted by atomic mass is 79.9. The number of alkyl halides is 1. The molecule has 0 saturated heterocycles. The minimum absolute atomic E-state index is 0.319. The van der Waals surface area contributed by atoms with E-state index in [2.05, 4.69) is 27.8 Å². The molecule has 1 nitrogen and oxygen atoms in total. The van der Waals surface area contributed by atoms with Gasteiger partial charge in [-0.25, -0.2) is 4.39 Å². The van der Waals surface area contributed by atoms with Gasteiger partial charge in [-0.15, -0.1) is 0 Å². The lowest BCUT2D eigenvalue weighted by atomic mass is 10.6. The van der Waals surface area contributed by atoms with Crippen LogP contribution in [0.3, 0.4) is 0 Å². The maximum Gasteiger partial charge on any atom is 0.102 e. The van der Waals surface area contributed by atoms with Crippen molar-refractivity contribution < 1.29 is 4.39 Å². The van der Waals surface area contributed by atoms with E-state index in [1.54, 1.807) is 0 Å². The first-order valence-corrected chi connectivity index (χ1v) is 3.16. The molecule has 0 aliphatic rings. The summed E-state index contributed by atoms with van der Waals surface area (Å²) in [5, 5.41) is 2.81. The van der Waals surface area contributed by atoms with Crippen LogP contribution in [0, 0.1) is 0 Å². The van der Waals surface area contributed by atoms with Crippen molar-refractivity contribution in [3.05, 3.63) is 11.1 Å². The van der Waals surface area contributed by atoms with Crippen LogP contribution in [0.5, 0.6) is 0 Å². The van der Waals surface area contributed by atoms with E-state index in [0.29, 0.717) is 13.1 Å². The van der Waals surface area contributed by atoms with Crippen LogP contribution in [-0.4, -0.2) is 19.8 Å². The lowest BCUT2D eigenvalue weighted by molar-refractivity contribution is 0.475. The van der Waals surface area contributed by atoms with E-state index in [9.17, 15) is 4.39 Å². The summed E-state index contributed by atoms with van der Waals surface area (Å²) in [4.78, 5) is 0. The Morgan fingerprint density at radius 3 is 2.75 bits per heavy atom. The van der Waals surface area contributed by atoms with Gasteiger partial charge in [0.05, 0.1) is 0 Å².